The first kappa shape index (κ1) is 16.0. The Morgan fingerprint density at radius 2 is 1.82 bits per heavy atom. The van der Waals surface area contributed by atoms with Gasteiger partial charge in [0.2, 0.25) is 0 Å². The van der Waals surface area contributed by atoms with Crippen molar-refractivity contribution in [3.05, 3.63) is 0 Å². The summed E-state index contributed by atoms with van der Waals surface area (Å²) in [7, 11) is 3.68. The smallest absolute Gasteiger partial charge is 0.334 e. The maximum atomic E-state index is 11.9. The lowest BCUT2D eigenvalue weighted by Gasteiger charge is -2.25. The molecular formula is C10H20F3N3O. The molecule has 1 atom stereocenters. The van der Waals surface area contributed by atoms with E-state index < -0.39 is 18.8 Å². The molecule has 7 heteroatoms. The molecule has 0 bridgehead atoms. The van der Waals surface area contributed by atoms with E-state index >= 15 is 0 Å². The van der Waals surface area contributed by atoms with E-state index in [9.17, 15) is 18.0 Å². The molecule has 0 fully saturated rings. The maximum absolute atomic E-state index is 11.9. The molecule has 102 valence electrons. The quantitative estimate of drug-likeness (QED) is 0.780. The summed E-state index contributed by atoms with van der Waals surface area (Å²) in [4.78, 5) is 13.1. The molecule has 0 aromatic heterocycles. The number of nitrogens with one attached hydrogen (secondary N) is 2. The van der Waals surface area contributed by atoms with Crippen molar-refractivity contribution in [3.63, 3.8) is 0 Å². The second kappa shape index (κ2) is 6.68. The molecule has 1 unspecified atom stereocenters. The Morgan fingerprint density at radius 3 is 2.18 bits per heavy atom. The van der Waals surface area contributed by atoms with Gasteiger partial charge in [0.05, 0.1) is 0 Å². The van der Waals surface area contributed by atoms with Crippen LogP contribution in [0.25, 0.3) is 0 Å². The number of alkyl halides is 3. The highest BCUT2D eigenvalue weighted by molar-refractivity contribution is 5.74. The number of carbonyl (C=O) groups excluding carboxylic acids is 1. The van der Waals surface area contributed by atoms with Gasteiger partial charge in [-0.3, -0.25) is 0 Å². The number of halogens is 3. The van der Waals surface area contributed by atoms with Crippen molar-refractivity contribution in [1.29, 1.82) is 0 Å². The molecule has 0 aliphatic heterocycles. The fourth-order valence-corrected chi connectivity index (χ4v) is 1.22. The number of amides is 2. The summed E-state index contributed by atoms with van der Waals surface area (Å²) in [6.45, 7) is 3.07. The SMILES string of the molecule is CC(C)C(CN(C)C)NC(=O)NCC(F)(F)F. The van der Waals surface area contributed by atoms with Crippen LogP contribution in [0.2, 0.25) is 0 Å². The summed E-state index contributed by atoms with van der Waals surface area (Å²) in [6.07, 6.45) is -4.38. The molecule has 0 rings (SSSR count). The van der Waals surface area contributed by atoms with Crippen molar-refractivity contribution in [2.24, 2.45) is 5.92 Å². The Bertz CT molecular complexity index is 241. The Hall–Kier alpha value is -0.980. The van der Waals surface area contributed by atoms with Crippen molar-refractivity contribution in [1.82, 2.24) is 15.5 Å². The summed E-state index contributed by atoms with van der Waals surface area (Å²) >= 11 is 0. The van der Waals surface area contributed by atoms with Crippen molar-refractivity contribution >= 4 is 6.03 Å². The first-order chi connectivity index (χ1) is 7.61. The molecule has 2 amide bonds. The Kier molecular flexibility index (Phi) is 6.30. The van der Waals surface area contributed by atoms with Gasteiger partial charge in [-0.15, -0.1) is 0 Å². The average Bonchev–Trinajstić information content (AvgIpc) is 2.11. The summed E-state index contributed by atoms with van der Waals surface area (Å²) in [6, 6.07) is -0.971. The monoisotopic (exact) mass is 255 g/mol. The van der Waals surface area contributed by atoms with E-state index in [-0.39, 0.29) is 12.0 Å². The van der Waals surface area contributed by atoms with Crippen LogP contribution >= 0.6 is 0 Å². The van der Waals surface area contributed by atoms with E-state index in [0.717, 1.165) is 0 Å². The minimum absolute atomic E-state index is 0.147. The van der Waals surface area contributed by atoms with Crippen molar-refractivity contribution in [2.75, 3.05) is 27.2 Å². The normalized spacial score (nSPS) is 13.9. The van der Waals surface area contributed by atoms with Crippen LogP contribution in [0.15, 0.2) is 0 Å². The zero-order valence-corrected chi connectivity index (χ0v) is 10.6. The molecule has 0 saturated carbocycles. The number of likely N-dealkylation sites (N-methyl/N-ethyl adjacent to an activating group) is 1. The van der Waals surface area contributed by atoms with E-state index in [0.29, 0.717) is 6.54 Å². The molecule has 0 aliphatic carbocycles. The summed E-state index contributed by atoms with van der Waals surface area (Å²) in [5.41, 5.74) is 0. The lowest BCUT2D eigenvalue weighted by atomic mass is 10.0. The van der Waals surface area contributed by atoms with Crippen LogP contribution in [0.4, 0.5) is 18.0 Å². The van der Waals surface area contributed by atoms with E-state index in [1.54, 1.807) is 5.32 Å². The zero-order chi connectivity index (χ0) is 13.6. The molecule has 0 radical (unpaired) electrons. The third-order valence-corrected chi connectivity index (χ3v) is 2.13. The molecule has 2 N–H and O–H groups in total. The largest absolute Gasteiger partial charge is 0.405 e. The molecule has 0 heterocycles. The van der Waals surface area contributed by atoms with E-state index in [1.807, 2.05) is 32.8 Å². The van der Waals surface area contributed by atoms with Gasteiger partial charge in [-0.25, -0.2) is 4.79 Å². The van der Waals surface area contributed by atoms with Crippen molar-refractivity contribution in [3.8, 4) is 0 Å². The van der Waals surface area contributed by atoms with Crippen LogP contribution in [0.1, 0.15) is 13.8 Å². The first-order valence-electron chi connectivity index (χ1n) is 5.37. The minimum Gasteiger partial charge on any atom is -0.334 e. The molecule has 17 heavy (non-hydrogen) atoms. The third kappa shape index (κ3) is 8.79. The fourth-order valence-electron chi connectivity index (χ4n) is 1.22. The standard InChI is InChI=1S/C10H20F3N3O/c1-7(2)8(5-16(3)4)15-9(17)14-6-10(11,12)13/h7-8H,5-6H2,1-4H3,(H2,14,15,17). The number of hydrogen-bond acceptors (Lipinski definition) is 2. The summed E-state index contributed by atoms with van der Waals surface area (Å²) in [5, 5.41) is 4.32. The van der Waals surface area contributed by atoms with Gasteiger partial charge in [-0.2, -0.15) is 13.2 Å². The summed E-state index contributed by atoms with van der Waals surface area (Å²) < 4.78 is 35.6. The van der Waals surface area contributed by atoms with Gasteiger partial charge in [0.1, 0.15) is 6.54 Å². The number of nitrogens with zero attached hydrogens (tertiary/aromatic N) is 1. The van der Waals surface area contributed by atoms with Crippen LogP contribution in [0.3, 0.4) is 0 Å². The van der Waals surface area contributed by atoms with Crippen LogP contribution < -0.4 is 10.6 Å². The highest BCUT2D eigenvalue weighted by Crippen LogP contribution is 2.12. The van der Waals surface area contributed by atoms with E-state index in [1.165, 1.54) is 0 Å². The van der Waals surface area contributed by atoms with Gasteiger partial charge in [-0.1, -0.05) is 13.8 Å². The lowest BCUT2D eigenvalue weighted by Crippen LogP contribution is -2.50. The van der Waals surface area contributed by atoms with Gasteiger partial charge in [0.25, 0.3) is 0 Å². The molecule has 0 spiro atoms. The fraction of sp³-hybridized carbons (Fsp3) is 0.900. The minimum atomic E-state index is -4.38. The average molecular weight is 255 g/mol. The van der Waals surface area contributed by atoms with Crippen molar-refractivity contribution in [2.45, 2.75) is 26.1 Å². The van der Waals surface area contributed by atoms with Crippen LogP contribution in [-0.4, -0.2) is 50.3 Å². The number of urea groups is 1. The Balaban J connectivity index is 4.13. The molecular weight excluding hydrogens is 235 g/mol. The van der Waals surface area contributed by atoms with Crippen LogP contribution in [0, 0.1) is 5.92 Å². The van der Waals surface area contributed by atoms with Crippen LogP contribution in [0.5, 0.6) is 0 Å². The van der Waals surface area contributed by atoms with E-state index in [2.05, 4.69) is 5.32 Å². The highest BCUT2D eigenvalue weighted by atomic mass is 19.4. The second-order valence-corrected chi connectivity index (χ2v) is 4.55. The molecule has 0 saturated heterocycles. The van der Waals surface area contributed by atoms with Crippen LogP contribution in [-0.2, 0) is 0 Å². The third-order valence-electron chi connectivity index (χ3n) is 2.13. The molecule has 0 aromatic rings. The van der Waals surface area contributed by atoms with Gasteiger partial charge >= 0.3 is 12.2 Å². The molecule has 0 aliphatic rings. The maximum Gasteiger partial charge on any atom is 0.405 e. The summed E-state index contributed by atoms with van der Waals surface area (Å²) in [5.74, 6) is 0.147. The van der Waals surface area contributed by atoms with E-state index in [4.69, 9.17) is 0 Å². The Labute approximate surface area is 99.5 Å². The Morgan fingerprint density at radius 1 is 1.29 bits per heavy atom. The second-order valence-electron chi connectivity index (χ2n) is 4.55. The highest BCUT2D eigenvalue weighted by Gasteiger charge is 2.28. The van der Waals surface area contributed by atoms with Crippen molar-refractivity contribution < 1.29 is 18.0 Å². The lowest BCUT2D eigenvalue weighted by molar-refractivity contribution is -0.122. The predicted octanol–water partition coefficient (Wildman–Crippen LogP) is 1.43. The molecule has 4 nitrogen and oxygen atoms in total. The number of rotatable bonds is 5. The number of hydrogen-bond donors (Lipinski definition) is 2. The van der Waals surface area contributed by atoms with Gasteiger partial charge < -0.3 is 15.5 Å². The topological polar surface area (TPSA) is 44.4 Å². The molecule has 0 aromatic carbocycles. The van der Waals surface area contributed by atoms with Gasteiger partial charge in [0, 0.05) is 12.6 Å². The number of carbonyl (C=O) groups is 1. The first-order valence-corrected chi connectivity index (χ1v) is 5.37. The zero-order valence-electron chi connectivity index (χ0n) is 10.6. The van der Waals surface area contributed by atoms with Gasteiger partial charge in [0.15, 0.2) is 0 Å². The predicted molar refractivity (Wildman–Crippen MR) is 59.8 cm³/mol. The van der Waals surface area contributed by atoms with Gasteiger partial charge in [-0.05, 0) is 20.0 Å².